The largest absolute Gasteiger partial charge is 0.493 e. The highest BCUT2D eigenvalue weighted by Crippen LogP contribution is 2.32. The molecule has 0 saturated heterocycles. The molecular weight excluding hydrogens is 240 g/mol. The lowest BCUT2D eigenvalue weighted by molar-refractivity contribution is 0.0697. The summed E-state index contributed by atoms with van der Waals surface area (Å²) in [7, 11) is 0. The summed E-state index contributed by atoms with van der Waals surface area (Å²) in [5, 5.41) is 8.98. The molecule has 2 aromatic rings. The van der Waals surface area contributed by atoms with Gasteiger partial charge >= 0.3 is 5.97 Å². The summed E-state index contributed by atoms with van der Waals surface area (Å²) in [4.78, 5) is 10.9. The number of aryl methyl sites for hydroxylation is 1. The third-order valence-electron chi connectivity index (χ3n) is 2.95. The lowest BCUT2D eigenvalue weighted by Gasteiger charge is -2.12. The van der Waals surface area contributed by atoms with Gasteiger partial charge in [0, 0.05) is 5.56 Å². The van der Waals surface area contributed by atoms with E-state index >= 15 is 0 Å². The predicted octanol–water partition coefficient (Wildman–Crippen LogP) is 3.76. The Labute approximate surface area is 112 Å². The average molecular weight is 256 g/mol. The SMILES string of the molecule is CCOc1ccccc1-c1ccc(C(=O)O)cc1C. The van der Waals surface area contributed by atoms with E-state index in [9.17, 15) is 4.79 Å². The standard InChI is InChI=1S/C16H16O3/c1-3-19-15-7-5-4-6-14(15)13-9-8-12(16(17)18)10-11(13)2/h4-10H,3H2,1-2H3,(H,17,18). The molecular formula is C16H16O3. The lowest BCUT2D eigenvalue weighted by atomic mass is 9.98. The number of carboxylic acids is 1. The van der Waals surface area contributed by atoms with E-state index in [2.05, 4.69) is 0 Å². The molecule has 0 spiro atoms. The molecule has 0 saturated carbocycles. The minimum atomic E-state index is -0.909. The third kappa shape index (κ3) is 2.76. The van der Waals surface area contributed by atoms with E-state index in [4.69, 9.17) is 9.84 Å². The number of ether oxygens (including phenoxy) is 1. The molecule has 0 bridgehead atoms. The second-order valence-electron chi connectivity index (χ2n) is 4.26. The maximum Gasteiger partial charge on any atom is 0.335 e. The number of para-hydroxylation sites is 1. The Hall–Kier alpha value is -2.29. The van der Waals surface area contributed by atoms with Crippen molar-refractivity contribution in [1.82, 2.24) is 0 Å². The van der Waals surface area contributed by atoms with Gasteiger partial charge in [-0.25, -0.2) is 4.79 Å². The van der Waals surface area contributed by atoms with Gasteiger partial charge in [0.1, 0.15) is 5.75 Å². The van der Waals surface area contributed by atoms with Crippen molar-refractivity contribution in [2.24, 2.45) is 0 Å². The first-order valence-corrected chi connectivity index (χ1v) is 6.19. The second kappa shape index (κ2) is 5.57. The van der Waals surface area contributed by atoms with Crippen molar-refractivity contribution in [2.45, 2.75) is 13.8 Å². The Morgan fingerprint density at radius 1 is 1.16 bits per heavy atom. The minimum Gasteiger partial charge on any atom is -0.493 e. The van der Waals surface area contributed by atoms with Crippen LogP contribution in [-0.4, -0.2) is 17.7 Å². The molecule has 0 fully saturated rings. The number of carboxylic acid groups (broad SMARTS) is 1. The van der Waals surface area contributed by atoms with E-state index in [1.807, 2.05) is 44.2 Å². The van der Waals surface area contributed by atoms with Gasteiger partial charge in [-0.2, -0.15) is 0 Å². The first-order chi connectivity index (χ1) is 9.13. The van der Waals surface area contributed by atoms with Crippen LogP contribution in [0.5, 0.6) is 5.75 Å². The van der Waals surface area contributed by atoms with Gasteiger partial charge in [0.25, 0.3) is 0 Å². The number of aromatic carboxylic acids is 1. The fourth-order valence-corrected chi connectivity index (χ4v) is 2.07. The van der Waals surface area contributed by atoms with Gasteiger partial charge in [0.15, 0.2) is 0 Å². The summed E-state index contributed by atoms with van der Waals surface area (Å²) in [6.07, 6.45) is 0. The van der Waals surface area contributed by atoms with E-state index in [1.54, 1.807) is 12.1 Å². The van der Waals surface area contributed by atoms with Gasteiger partial charge in [-0.3, -0.25) is 0 Å². The molecule has 2 rings (SSSR count). The van der Waals surface area contributed by atoms with Crippen LogP contribution in [0.4, 0.5) is 0 Å². The fourth-order valence-electron chi connectivity index (χ4n) is 2.07. The molecule has 1 N–H and O–H groups in total. The van der Waals surface area contributed by atoms with Crippen molar-refractivity contribution in [3.8, 4) is 16.9 Å². The van der Waals surface area contributed by atoms with E-state index in [-0.39, 0.29) is 0 Å². The first kappa shape index (κ1) is 13.1. The van der Waals surface area contributed by atoms with Gasteiger partial charge in [-0.1, -0.05) is 24.3 Å². The van der Waals surface area contributed by atoms with Crippen molar-refractivity contribution < 1.29 is 14.6 Å². The smallest absolute Gasteiger partial charge is 0.335 e. The summed E-state index contributed by atoms with van der Waals surface area (Å²) < 4.78 is 5.61. The van der Waals surface area contributed by atoms with Gasteiger partial charge in [0.05, 0.1) is 12.2 Å². The Kier molecular flexibility index (Phi) is 3.85. The quantitative estimate of drug-likeness (QED) is 0.906. The van der Waals surface area contributed by atoms with Crippen LogP contribution in [0.1, 0.15) is 22.8 Å². The summed E-state index contributed by atoms with van der Waals surface area (Å²) in [5.41, 5.74) is 3.20. The zero-order chi connectivity index (χ0) is 13.8. The van der Waals surface area contributed by atoms with E-state index < -0.39 is 5.97 Å². The molecule has 19 heavy (non-hydrogen) atoms. The maximum absolute atomic E-state index is 10.9. The summed E-state index contributed by atoms with van der Waals surface area (Å²) in [6, 6.07) is 12.9. The predicted molar refractivity (Wildman–Crippen MR) is 74.7 cm³/mol. The van der Waals surface area contributed by atoms with Gasteiger partial charge in [-0.15, -0.1) is 0 Å². The zero-order valence-corrected chi connectivity index (χ0v) is 11.0. The van der Waals surface area contributed by atoms with E-state index in [0.717, 1.165) is 22.4 Å². The molecule has 0 radical (unpaired) electrons. The topological polar surface area (TPSA) is 46.5 Å². The van der Waals surface area contributed by atoms with Crippen molar-refractivity contribution in [3.05, 3.63) is 53.6 Å². The van der Waals surface area contributed by atoms with Gasteiger partial charge < -0.3 is 9.84 Å². The van der Waals surface area contributed by atoms with Crippen LogP contribution in [0.25, 0.3) is 11.1 Å². The van der Waals surface area contributed by atoms with Crippen molar-refractivity contribution >= 4 is 5.97 Å². The van der Waals surface area contributed by atoms with Crippen LogP contribution < -0.4 is 4.74 Å². The van der Waals surface area contributed by atoms with Crippen LogP contribution in [0, 0.1) is 6.92 Å². The first-order valence-electron chi connectivity index (χ1n) is 6.19. The number of benzene rings is 2. The van der Waals surface area contributed by atoms with Crippen LogP contribution in [0.2, 0.25) is 0 Å². The molecule has 0 aromatic heterocycles. The molecule has 0 unspecified atom stereocenters. The molecule has 2 aromatic carbocycles. The number of hydrogen-bond acceptors (Lipinski definition) is 2. The van der Waals surface area contributed by atoms with Crippen LogP contribution in [0.15, 0.2) is 42.5 Å². The Morgan fingerprint density at radius 3 is 2.53 bits per heavy atom. The highest BCUT2D eigenvalue weighted by atomic mass is 16.5. The van der Waals surface area contributed by atoms with Crippen molar-refractivity contribution in [3.63, 3.8) is 0 Å². The molecule has 0 amide bonds. The molecule has 0 aliphatic rings. The second-order valence-corrected chi connectivity index (χ2v) is 4.26. The average Bonchev–Trinajstić information content (AvgIpc) is 2.40. The number of carbonyl (C=O) groups is 1. The normalized spacial score (nSPS) is 10.2. The third-order valence-corrected chi connectivity index (χ3v) is 2.95. The lowest BCUT2D eigenvalue weighted by Crippen LogP contribution is -1.98. The van der Waals surface area contributed by atoms with Gasteiger partial charge in [-0.05, 0) is 43.2 Å². The molecule has 0 aliphatic carbocycles. The summed E-state index contributed by atoms with van der Waals surface area (Å²) in [5.74, 6) is -0.0936. The van der Waals surface area contributed by atoms with E-state index in [1.165, 1.54) is 0 Å². The zero-order valence-electron chi connectivity index (χ0n) is 11.0. The Balaban J connectivity index is 2.50. The van der Waals surface area contributed by atoms with E-state index in [0.29, 0.717) is 12.2 Å². The Morgan fingerprint density at radius 2 is 1.89 bits per heavy atom. The number of rotatable bonds is 4. The minimum absolute atomic E-state index is 0.301. The monoisotopic (exact) mass is 256 g/mol. The van der Waals surface area contributed by atoms with Crippen LogP contribution in [-0.2, 0) is 0 Å². The van der Waals surface area contributed by atoms with Crippen molar-refractivity contribution in [1.29, 1.82) is 0 Å². The molecule has 3 nitrogen and oxygen atoms in total. The van der Waals surface area contributed by atoms with Crippen molar-refractivity contribution in [2.75, 3.05) is 6.61 Å². The summed E-state index contributed by atoms with van der Waals surface area (Å²) in [6.45, 7) is 4.45. The molecule has 0 heterocycles. The van der Waals surface area contributed by atoms with Gasteiger partial charge in [0.2, 0.25) is 0 Å². The van der Waals surface area contributed by atoms with Crippen LogP contribution >= 0.6 is 0 Å². The Bertz CT molecular complexity index is 603. The van der Waals surface area contributed by atoms with Crippen LogP contribution in [0.3, 0.4) is 0 Å². The molecule has 3 heteroatoms. The number of hydrogen-bond donors (Lipinski definition) is 1. The fraction of sp³-hybridized carbons (Fsp3) is 0.188. The highest BCUT2D eigenvalue weighted by molar-refractivity contribution is 5.89. The highest BCUT2D eigenvalue weighted by Gasteiger charge is 2.10. The molecule has 0 aliphatic heterocycles. The summed E-state index contributed by atoms with van der Waals surface area (Å²) >= 11 is 0. The molecule has 98 valence electrons. The maximum atomic E-state index is 10.9. The molecule has 0 atom stereocenters.